The molecule has 3 aromatic heterocycles. The molecule has 0 aliphatic rings. The Kier molecular flexibility index (Phi) is 7.40. The van der Waals surface area contributed by atoms with E-state index in [0.717, 1.165) is 88.8 Å². The molecule has 4 heteroatoms. The van der Waals surface area contributed by atoms with E-state index in [0.29, 0.717) is 0 Å². The maximum Gasteiger partial charge on any atom is 0.159 e. The van der Waals surface area contributed by atoms with Crippen LogP contribution in [0.2, 0.25) is 0 Å². The van der Waals surface area contributed by atoms with Crippen molar-refractivity contribution in [3.05, 3.63) is 200 Å². The molecule has 0 atom stereocenters. The van der Waals surface area contributed by atoms with Crippen molar-refractivity contribution in [3.8, 4) is 33.4 Å². The van der Waals surface area contributed by atoms with Crippen LogP contribution in [0.25, 0.3) is 97.4 Å². The number of anilines is 3. The van der Waals surface area contributed by atoms with Gasteiger partial charge in [-0.15, -0.1) is 11.3 Å². The molecule has 0 aliphatic heterocycles. The molecule has 0 N–H and O–H groups in total. The fourth-order valence-corrected chi connectivity index (χ4v) is 10.1. The van der Waals surface area contributed by atoms with E-state index in [9.17, 15) is 0 Å². The first-order chi connectivity index (χ1) is 28.8. The Balaban J connectivity index is 1.19. The maximum absolute atomic E-state index is 7.42. The highest BCUT2D eigenvalue weighted by Gasteiger charge is 2.26. The Hall–Kier alpha value is -7.40. The average Bonchev–Trinajstić information content (AvgIpc) is 3.98. The first-order valence-electron chi connectivity index (χ1n) is 19.6. The summed E-state index contributed by atoms with van der Waals surface area (Å²) in [6, 6.07) is 71.2. The molecule has 9 aromatic carbocycles. The monoisotopic (exact) mass is 759 g/mol. The zero-order chi connectivity index (χ0) is 38.2. The highest BCUT2D eigenvalue weighted by Crippen LogP contribution is 2.51. The molecule has 3 nitrogen and oxygen atoms in total. The van der Waals surface area contributed by atoms with Crippen LogP contribution in [-0.4, -0.2) is 0 Å². The SMILES string of the molecule is c1ccc(-c2cccc(N(c3cccc4c3oc3c(-c5ccccc5-c5ccccc5)c5c(cc34)oc3ccccc35)c3cccc4c3sc3ccccc34)c2)cc1. The number of para-hydroxylation sites is 2. The number of hydrogen-bond acceptors (Lipinski definition) is 4. The van der Waals surface area contributed by atoms with Crippen molar-refractivity contribution < 1.29 is 8.83 Å². The van der Waals surface area contributed by atoms with Gasteiger partial charge in [0.2, 0.25) is 0 Å². The Morgan fingerprint density at radius 3 is 1.86 bits per heavy atom. The van der Waals surface area contributed by atoms with Gasteiger partial charge in [-0.05, 0) is 70.3 Å². The summed E-state index contributed by atoms with van der Waals surface area (Å²) in [5.74, 6) is 0. The molecule has 12 aromatic rings. The van der Waals surface area contributed by atoms with E-state index in [1.54, 1.807) is 0 Å². The fourth-order valence-electron chi connectivity index (χ4n) is 8.90. The number of thiophene rings is 1. The number of nitrogens with zero attached hydrogens (tertiary/aromatic N) is 1. The van der Waals surface area contributed by atoms with Crippen LogP contribution in [0.15, 0.2) is 209 Å². The molecular formula is C54H33NO2S. The summed E-state index contributed by atoms with van der Waals surface area (Å²) in [5, 5.41) is 6.66. The van der Waals surface area contributed by atoms with Gasteiger partial charge in [0, 0.05) is 48.3 Å². The van der Waals surface area contributed by atoms with Crippen molar-refractivity contribution >= 4 is 92.4 Å². The molecule has 0 unspecified atom stereocenters. The van der Waals surface area contributed by atoms with Gasteiger partial charge in [0.25, 0.3) is 0 Å². The number of rotatable bonds is 6. The summed E-state index contributed by atoms with van der Waals surface area (Å²) in [7, 11) is 0. The van der Waals surface area contributed by atoms with Crippen LogP contribution in [0.5, 0.6) is 0 Å². The van der Waals surface area contributed by atoms with Gasteiger partial charge >= 0.3 is 0 Å². The maximum atomic E-state index is 7.42. The molecule has 0 saturated carbocycles. The van der Waals surface area contributed by atoms with Crippen molar-refractivity contribution in [1.29, 1.82) is 0 Å². The zero-order valence-corrected chi connectivity index (χ0v) is 32.0. The lowest BCUT2D eigenvalue weighted by Gasteiger charge is -2.26. The van der Waals surface area contributed by atoms with E-state index in [2.05, 4.69) is 199 Å². The van der Waals surface area contributed by atoms with E-state index < -0.39 is 0 Å². The predicted octanol–water partition coefficient (Wildman–Crippen LogP) is 16.3. The number of hydrogen-bond donors (Lipinski definition) is 0. The molecule has 0 aliphatic carbocycles. The van der Waals surface area contributed by atoms with Crippen LogP contribution in [0.4, 0.5) is 17.1 Å². The zero-order valence-electron chi connectivity index (χ0n) is 31.2. The minimum absolute atomic E-state index is 0.816. The summed E-state index contributed by atoms with van der Waals surface area (Å²) in [5.41, 5.74) is 13.2. The summed E-state index contributed by atoms with van der Waals surface area (Å²) in [6.45, 7) is 0. The molecule has 0 radical (unpaired) electrons. The Bertz CT molecular complexity index is 3520. The van der Waals surface area contributed by atoms with E-state index in [1.807, 2.05) is 17.4 Å². The van der Waals surface area contributed by atoms with Crippen LogP contribution >= 0.6 is 11.3 Å². The standard InChI is InChI=1S/C54H33NO2S/c1-3-16-34(17-4-1)36-20-13-21-37(32-36)55(46-29-15-27-42-39-23-10-12-31-49(39)58-54(42)46)45-28-14-26-41-44-33-48-50(43-25-9-11-30-47(43)56-48)51(53(44)57-52(41)45)40-24-8-7-22-38(40)35-18-5-2-6-19-35/h1-33H. The third kappa shape index (κ3) is 5.05. The minimum Gasteiger partial charge on any atom is -0.456 e. The predicted molar refractivity (Wildman–Crippen MR) is 245 cm³/mol. The number of benzene rings is 9. The molecule has 3 heterocycles. The lowest BCUT2D eigenvalue weighted by atomic mass is 9.90. The normalized spacial score (nSPS) is 11.8. The fraction of sp³-hybridized carbons (Fsp3) is 0. The summed E-state index contributed by atoms with van der Waals surface area (Å²) in [4.78, 5) is 2.39. The van der Waals surface area contributed by atoms with Crippen molar-refractivity contribution in [2.24, 2.45) is 0 Å². The van der Waals surface area contributed by atoms with Crippen LogP contribution in [0, 0.1) is 0 Å². The molecule has 0 fully saturated rings. The first-order valence-corrected chi connectivity index (χ1v) is 20.4. The molecule has 0 spiro atoms. The van der Waals surface area contributed by atoms with Crippen molar-refractivity contribution in [2.45, 2.75) is 0 Å². The van der Waals surface area contributed by atoms with Gasteiger partial charge in [0.15, 0.2) is 5.58 Å². The van der Waals surface area contributed by atoms with E-state index in [4.69, 9.17) is 8.83 Å². The van der Waals surface area contributed by atoms with Gasteiger partial charge in [-0.1, -0.05) is 158 Å². The Morgan fingerprint density at radius 2 is 1.02 bits per heavy atom. The van der Waals surface area contributed by atoms with Gasteiger partial charge in [-0.3, -0.25) is 0 Å². The molecular weight excluding hydrogens is 727 g/mol. The summed E-state index contributed by atoms with van der Waals surface area (Å²) >= 11 is 1.84. The smallest absolute Gasteiger partial charge is 0.159 e. The van der Waals surface area contributed by atoms with Crippen LogP contribution < -0.4 is 4.90 Å². The topological polar surface area (TPSA) is 29.5 Å². The lowest BCUT2D eigenvalue weighted by molar-refractivity contribution is 0.665. The van der Waals surface area contributed by atoms with Gasteiger partial charge < -0.3 is 13.7 Å². The van der Waals surface area contributed by atoms with Gasteiger partial charge in [0.1, 0.15) is 16.7 Å². The van der Waals surface area contributed by atoms with Crippen molar-refractivity contribution in [1.82, 2.24) is 0 Å². The molecule has 12 rings (SSSR count). The molecule has 0 amide bonds. The lowest BCUT2D eigenvalue weighted by Crippen LogP contribution is -2.10. The van der Waals surface area contributed by atoms with Crippen molar-refractivity contribution in [3.63, 3.8) is 0 Å². The van der Waals surface area contributed by atoms with Crippen LogP contribution in [0.1, 0.15) is 0 Å². The van der Waals surface area contributed by atoms with Gasteiger partial charge in [-0.25, -0.2) is 0 Å². The molecule has 0 bridgehead atoms. The third-order valence-corrected chi connectivity index (χ3v) is 12.7. The van der Waals surface area contributed by atoms with Crippen molar-refractivity contribution in [2.75, 3.05) is 4.90 Å². The highest BCUT2D eigenvalue weighted by atomic mass is 32.1. The second kappa shape index (κ2) is 13.1. The highest BCUT2D eigenvalue weighted by molar-refractivity contribution is 7.26. The van der Waals surface area contributed by atoms with E-state index >= 15 is 0 Å². The largest absolute Gasteiger partial charge is 0.456 e. The molecule has 0 saturated heterocycles. The van der Waals surface area contributed by atoms with Gasteiger partial charge in [0.05, 0.1) is 16.1 Å². The molecule has 272 valence electrons. The first kappa shape index (κ1) is 32.8. The van der Waals surface area contributed by atoms with Gasteiger partial charge in [-0.2, -0.15) is 0 Å². The minimum atomic E-state index is 0.816. The second-order valence-corrected chi connectivity index (χ2v) is 15.8. The Labute approximate surface area is 338 Å². The second-order valence-electron chi connectivity index (χ2n) is 14.8. The summed E-state index contributed by atoms with van der Waals surface area (Å²) in [6.07, 6.45) is 0. The summed E-state index contributed by atoms with van der Waals surface area (Å²) < 4.78 is 16.6. The third-order valence-electron chi connectivity index (χ3n) is 11.5. The average molecular weight is 760 g/mol. The van der Waals surface area contributed by atoms with E-state index in [1.165, 1.54) is 25.7 Å². The van der Waals surface area contributed by atoms with Crippen LogP contribution in [0.3, 0.4) is 0 Å². The van der Waals surface area contributed by atoms with E-state index in [-0.39, 0.29) is 0 Å². The number of furan rings is 2. The van der Waals surface area contributed by atoms with Crippen LogP contribution in [-0.2, 0) is 0 Å². The molecule has 58 heavy (non-hydrogen) atoms. The Morgan fingerprint density at radius 1 is 0.379 bits per heavy atom. The number of fused-ring (bicyclic) bond motifs is 9. The quantitative estimate of drug-likeness (QED) is 0.169.